The number of nitrogens with zero attached hydrogens (tertiary/aromatic N) is 1. The molecular formula is C11H13NO4. The number of esters is 1. The van der Waals surface area contributed by atoms with E-state index in [1.807, 2.05) is 0 Å². The first kappa shape index (κ1) is 12.2. The van der Waals surface area contributed by atoms with Crippen LogP contribution in [-0.2, 0) is 9.53 Å². The summed E-state index contributed by atoms with van der Waals surface area (Å²) < 4.78 is 4.53. The highest BCUT2D eigenvalue weighted by atomic mass is 16.5. The lowest BCUT2D eigenvalue weighted by molar-refractivity contribution is -0.137. The summed E-state index contributed by atoms with van der Waals surface area (Å²) in [6.07, 6.45) is 1.41. The molecule has 0 amide bonds. The van der Waals surface area contributed by atoms with Gasteiger partial charge in [0.2, 0.25) is 0 Å². The van der Waals surface area contributed by atoms with Crippen LogP contribution in [0.5, 0.6) is 0 Å². The second kappa shape index (κ2) is 5.25. The third-order valence-corrected chi connectivity index (χ3v) is 2.19. The van der Waals surface area contributed by atoms with Crippen molar-refractivity contribution in [3.63, 3.8) is 0 Å². The van der Waals surface area contributed by atoms with E-state index in [0.29, 0.717) is 11.3 Å². The molecule has 5 nitrogen and oxygen atoms in total. The topological polar surface area (TPSA) is 76.5 Å². The van der Waals surface area contributed by atoms with Crippen LogP contribution in [0.4, 0.5) is 0 Å². The van der Waals surface area contributed by atoms with E-state index >= 15 is 0 Å². The number of carboxylic acids is 1. The number of pyridine rings is 1. The molecule has 0 spiro atoms. The van der Waals surface area contributed by atoms with E-state index < -0.39 is 11.9 Å². The van der Waals surface area contributed by atoms with Gasteiger partial charge in [-0.25, -0.2) is 4.79 Å². The number of aliphatic carboxylic acids is 1. The molecule has 1 aromatic rings. The maximum absolute atomic E-state index is 11.1. The molecule has 1 aromatic heterocycles. The lowest BCUT2D eigenvalue weighted by Crippen LogP contribution is -2.06. The van der Waals surface area contributed by atoms with Gasteiger partial charge in [-0.15, -0.1) is 0 Å². The fourth-order valence-electron chi connectivity index (χ4n) is 1.30. The van der Waals surface area contributed by atoms with Gasteiger partial charge in [0.05, 0.1) is 19.1 Å². The smallest absolute Gasteiger partial charge is 0.339 e. The first-order valence-corrected chi connectivity index (χ1v) is 4.80. The van der Waals surface area contributed by atoms with Gasteiger partial charge in [-0.05, 0) is 12.1 Å². The minimum absolute atomic E-state index is 0.0184. The Hall–Kier alpha value is -1.91. The number of hydrogen-bond acceptors (Lipinski definition) is 4. The van der Waals surface area contributed by atoms with Gasteiger partial charge in [-0.1, -0.05) is 6.92 Å². The molecule has 5 heteroatoms. The second-order valence-corrected chi connectivity index (χ2v) is 3.46. The van der Waals surface area contributed by atoms with Crippen LogP contribution < -0.4 is 0 Å². The highest BCUT2D eigenvalue weighted by Gasteiger charge is 2.12. The standard InChI is InChI=1S/C11H13NO4/c1-7(5-10(13)14)9-4-3-8(6-12-9)11(15)16-2/h3-4,6-7H,5H2,1-2H3,(H,13,14). The molecule has 1 rings (SSSR count). The van der Waals surface area contributed by atoms with Crippen molar-refractivity contribution in [2.75, 3.05) is 7.11 Å². The van der Waals surface area contributed by atoms with Crippen LogP contribution >= 0.6 is 0 Å². The van der Waals surface area contributed by atoms with Crippen LogP contribution in [-0.4, -0.2) is 29.1 Å². The van der Waals surface area contributed by atoms with Crippen LogP contribution in [0.25, 0.3) is 0 Å². The molecular weight excluding hydrogens is 210 g/mol. The molecule has 1 heterocycles. The van der Waals surface area contributed by atoms with Gasteiger partial charge in [0.1, 0.15) is 0 Å². The van der Waals surface area contributed by atoms with E-state index in [1.165, 1.54) is 13.3 Å². The summed E-state index contributed by atoms with van der Waals surface area (Å²) in [6.45, 7) is 1.77. The van der Waals surface area contributed by atoms with E-state index in [1.54, 1.807) is 19.1 Å². The van der Waals surface area contributed by atoms with Crippen molar-refractivity contribution in [3.05, 3.63) is 29.6 Å². The van der Waals surface area contributed by atoms with Crippen molar-refractivity contribution in [3.8, 4) is 0 Å². The van der Waals surface area contributed by atoms with Gasteiger partial charge in [0.25, 0.3) is 0 Å². The highest BCUT2D eigenvalue weighted by Crippen LogP contribution is 2.16. The van der Waals surface area contributed by atoms with Crippen LogP contribution in [0, 0.1) is 0 Å². The molecule has 0 radical (unpaired) electrons. The van der Waals surface area contributed by atoms with Gasteiger partial charge in [-0.3, -0.25) is 9.78 Å². The average molecular weight is 223 g/mol. The summed E-state index contributed by atoms with van der Waals surface area (Å²) in [5.74, 6) is -1.50. The fourth-order valence-corrected chi connectivity index (χ4v) is 1.30. The van der Waals surface area contributed by atoms with Crippen molar-refractivity contribution in [1.29, 1.82) is 0 Å². The van der Waals surface area contributed by atoms with Gasteiger partial charge in [0, 0.05) is 17.8 Å². The van der Waals surface area contributed by atoms with Crippen molar-refractivity contribution >= 4 is 11.9 Å². The Morgan fingerprint density at radius 2 is 2.19 bits per heavy atom. The molecule has 1 atom stereocenters. The van der Waals surface area contributed by atoms with Crippen LogP contribution in [0.3, 0.4) is 0 Å². The summed E-state index contributed by atoms with van der Waals surface area (Å²) in [7, 11) is 1.29. The lowest BCUT2D eigenvalue weighted by atomic mass is 10.0. The molecule has 0 aromatic carbocycles. The highest BCUT2D eigenvalue weighted by molar-refractivity contribution is 5.88. The molecule has 1 unspecified atom stereocenters. The Bertz CT molecular complexity index is 385. The van der Waals surface area contributed by atoms with Gasteiger partial charge < -0.3 is 9.84 Å². The van der Waals surface area contributed by atoms with Crippen molar-refractivity contribution in [1.82, 2.24) is 4.98 Å². The zero-order valence-corrected chi connectivity index (χ0v) is 9.14. The lowest BCUT2D eigenvalue weighted by Gasteiger charge is -2.08. The summed E-state index contributed by atoms with van der Waals surface area (Å²) in [5.41, 5.74) is 1.00. The van der Waals surface area contributed by atoms with Gasteiger partial charge in [-0.2, -0.15) is 0 Å². The quantitative estimate of drug-likeness (QED) is 0.781. The van der Waals surface area contributed by atoms with Crippen LogP contribution in [0.2, 0.25) is 0 Å². The molecule has 0 fully saturated rings. The molecule has 1 N–H and O–H groups in total. The number of aromatic nitrogens is 1. The maximum Gasteiger partial charge on any atom is 0.339 e. The first-order valence-electron chi connectivity index (χ1n) is 4.80. The largest absolute Gasteiger partial charge is 0.481 e. The third kappa shape index (κ3) is 3.05. The van der Waals surface area contributed by atoms with Crippen molar-refractivity contribution in [2.45, 2.75) is 19.3 Å². The minimum Gasteiger partial charge on any atom is -0.481 e. The fraction of sp³-hybridized carbons (Fsp3) is 0.364. The Kier molecular flexibility index (Phi) is 3.99. The van der Waals surface area contributed by atoms with Gasteiger partial charge in [0.15, 0.2) is 0 Å². The second-order valence-electron chi connectivity index (χ2n) is 3.46. The van der Waals surface area contributed by atoms with Crippen molar-refractivity contribution < 1.29 is 19.4 Å². The van der Waals surface area contributed by atoms with Crippen LogP contribution in [0.15, 0.2) is 18.3 Å². The Labute approximate surface area is 93.1 Å². The number of hydrogen-bond donors (Lipinski definition) is 1. The van der Waals surface area contributed by atoms with E-state index in [-0.39, 0.29) is 12.3 Å². The molecule has 0 aliphatic heterocycles. The van der Waals surface area contributed by atoms with Crippen molar-refractivity contribution in [2.24, 2.45) is 0 Å². The van der Waals surface area contributed by atoms with E-state index in [4.69, 9.17) is 5.11 Å². The van der Waals surface area contributed by atoms with Crippen LogP contribution in [0.1, 0.15) is 35.3 Å². The molecule has 86 valence electrons. The molecule has 0 aliphatic carbocycles. The predicted molar refractivity (Wildman–Crippen MR) is 56.2 cm³/mol. The average Bonchev–Trinajstić information content (AvgIpc) is 2.27. The predicted octanol–water partition coefficient (Wildman–Crippen LogP) is 1.45. The van der Waals surface area contributed by atoms with E-state index in [0.717, 1.165) is 0 Å². The first-order chi connectivity index (χ1) is 7.54. The number of methoxy groups -OCH3 is 1. The van der Waals surface area contributed by atoms with E-state index in [9.17, 15) is 9.59 Å². The number of carbonyl (C=O) groups is 2. The molecule has 0 aliphatic rings. The molecule has 0 bridgehead atoms. The number of carbonyl (C=O) groups excluding carboxylic acids is 1. The summed E-state index contributed by atoms with van der Waals surface area (Å²) in [6, 6.07) is 3.21. The summed E-state index contributed by atoms with van der Waals surface area (Å²) in [5, 5.41) is 8.62. The Morgan fingerprint density at radius 3 is 2.62 bits per heavy atom. The minimum atomic E-state index is -0.869. The SMILES string of the molecule is COC(=O)c1ccc(C(C)CC(=O)O)nc1. The maximum atomic E-state index is 11.1. The zero-order valence-electron chi connectivity index (χ0n) is 9.14. The third-order valence-electron chi connectivity index (χ3n) is 2.19. The molecule has 0 saturated carbocycles. The Morgan fingerprint density at radius 1 is 1.50 bits per heavy atom. The number of carboxylic acid groups (broad SMARTS) is 1. The summed E-state index contributed by atoms with van der Waals surface area (Å²) >= 11 is 0. The number of ether oxygens (including phenoxy) is 1. The normalized spacial score (nSPS) is 11.9. The summed E-state index contributed by atoms with van der Waals surface area (Å²) in [4.78, 5) is 25.7. The van der Waals surface area contributed by atoms with E-state index in [2.05, 4.69) is 9.72 Å². The van der Waals surface area contributed by atoms with Gasteiger partial charge >= 0.3 is 11.9 Å². The molecule has 16 heavy (non-hydrogen) atoms. The monoisotopic (exact) mass is 223 g/mol. The molecule has 0 saturated heterocycles. The Balaban J connectivity index is 2.78. The number of rotatable bonds is 4. The zero-order chi connectivity index (χ0) is 12.1.